The van der Waals surface area contributed by atoms with Crippen LogP contribution in [0.1, 0.15) is 18.4 Å². The average molecular weight is 295 g/mol. The van der Waals surface area contributed by atoms with Crippen LogP contribution in [0.25, 0.3) is 0 Å². The summed E-state index contributed by atoms with van der Waals surface area (Å²) in [5.41, 5.74) is 7.00. The monoisotopic (exact) mass is 295 g/mol. The Morgan fingerprint density at radius 2 is 1.90 bits per heavy atom. The molecule has 0 aromatic heterocycles. The Morgan fingerprint density at radius 1 is 1.14 bits per heavy atom. The summed E-state index contributed by atoms with van der Waals surface area (Å²) in [4.78, 5) is 11.7. The highest BCUT2D eigenvalue weighted by molar-refractivity contribution is 5.75. The fourth-order valence-electron chi connectivity index (χ4n) is 1.77. The number of carbonyl (C=O) groups excluding carboxylic acids is 1. The summed E-state index contributed by atoms with van der Waals surface area (Å²) in [6, 6.07) is 9.39. The van der Waals surface area contributed by atoms with Crippen molar-refractivity contribution in [2.75, 3.05) is 33.5 Å². The van der Waals surface area contributed by atoms with Crippen LogP contribution >= 0.6 is 0 Å². The molecule has 21 heavy (non-hydrogen) atoms. The molecule has 0 saturated carbocycles. The normalized spacial score (nSPS) is 12.1. The number of rotatable bonds is 11. The lowest BCUT2D eigenvalue weighted by atomic mass is 10.1. The van der Waals surface area contributed by atoms with Gasteiger partial charge in [0.15, 0.2) is 0 Å². The summed E-state index contributed by atoms with van der Waals surface area (Å²) < 4.78 is 15.3. The molecule has 0 amide bonds. The Balaban J connectivity index is 2.06. The maximum absolute atomic E-state index is 11.7. The van der Waals surface area contributed by atoms with Gasteiger partial charge in [0.05, 0.1) is 19.8 Å². The number of carbonyl (C=O) groups is 1. The molecule has 0 fully saturated rings. The van der Waals surface area contributed by atoms with Crippen molar-refractivity contribution in [1.29, 1.82) is 0 Å². The molecule has 0 heterocycles. The molecule has 5 nitrogen and oxygen atoms in total. The summed E-state index contributed by atoms with van der Waals surface area (Å²) in [5.74, 6) is -0.345. The molecule has 0 radical (unpaired) electrons. The largest absolute Gasteiger partial charge is 0.464 e. The predicted molar refractivity (Wildman–Crippen MR) is 81.0 cm³/mol. The Hall–Kier alpha value is -1.43. The van der Waals surface area contributed by atoms with Crippen molar-refractivity contribution in [3.63, 3.8) is 0 Å². The van der Waals surface area contributed by atoms with Gasteiger partial charge in [0.25, 0.3) is 0 Å². The highest BCUT2D eigenvalue weighted by Gasteiger charge is 2.14. The quantitative estimate of drug-likeness (QED) is 0.495. The zero-order valence-corrected chi connectivity index (χ0v) is 12.6. The molecule has 0 aliphatic rings. The van der Waals surface area contributed by atoms with Gasteiger partial charge in [0.2, 0.25) is 0 Å². The summed E-state index contributed by atoms with van der Waals surface area (Å²) in [7, 11) is 1.63. The fraction of sp³-hybridized carbons (Fsp3) is 0.562. The number of methoxy groups -OCH3 is 1. The zero-order chi connectivity index (χ0) is 15.3. The van der Waals surface area contributed by atoms with Gasteiger partial charge in [0, 0.05) is 20.1 Å². The first-order chi connectivity index (χ1) is 10.2. The summed E-state index contributed by atoms with van der Waals surface area (Å²) in [5, 5.41) is 0. The maximum Gasteiger partial charge on any atom is 0.322 e. The maximum atomic E-state index is 11.7. The highest BCUT2D eigenvalue weighted by atomic mass is 16.5. The third-order valence-corrected chi connectivity index (χ3v) is 3.00. The number of nitrogens with two attached hydrogens (primary N) is 1. The molecule has 0 bridgehead atoms. The fourth-order valence-corrected chi connectivity index (χ4v) is 1.77. The molecule has 0 aliphatic carbocycles. The molecule has 0 saturated heterocycles. The van der Waals surface area contributed by atoms with E-state index in [1.807, 2.05) is 30.3 Å². The Labute approximate surface area is 126 Å². The van der Waals surface area contributed by atoms with E-state index < -0.39 is 6.04 Å². The van der Waals surface area contributed by atoms with Crippen LogP contribution in [-0.2, 0) is 25.4 Å². The number of hydrogen-bond acceptors (Lipinski definition) is 5. The van der Waals surface area contributed by atoms with Crippen LogP contribution in [0.3, 0.4) is 0 Å². The van der Waals surface area contributed by atoms with E-state index in [4.69, 9.17) is 19.9 Å². The lowest BCUT2D eigenvalue weighted by Crippen LogP contribution is -2.33. The van der Waals surface area contributed by atoms with Gasteiger partial charge in [0.1, 0.15) is 6.04 Å². The van der Waals surface area contributed by atoms with Crippen LogP contribution in [-0.4, -0.2) is 45.5 Å². The Kier molecular flexibility index (Phi) is 9.44. The molecule has 1 atom stereocenters. The van der Waals surface area contributed by atoms with Crippen LogP contribution in [0.4, 0.5) is 0 Å². The highest BCUT2D eigenvalue weighted by Crippen LogP contribution is 2.05. The van der Waals surface area contributed by atoms with Crippen LogP contribution in [0, 0.1) is 0 Å². The predicted octanol–water partition coefficient (Wildman–Crippen LogP) is 1.54. The molecule has 5 heteroatoms. The first-order valence-corrected chi connectivity index (χ1v) is 7.27. The number of esters is 1. The van der Waals surface area contributed by atoms with Crippen molar-refractivity contribution in [2.24, 2.45) is 5.73 Å². The van der Waals surface area contributed by atoms with Gasteiger partial charge in [-0.1, -0.05) is 30.3 Å². The molecule has 1 aromatic rings. The molecule has 2 N–H and O–H groups in total. The minimum Gasteiger partial charge on any atom is -0.464 e. The van der Waals surface area contributed by atoms with E-state index in [9.17, 15) is 4.79 Å². The summed E-state index contributed by atoms with van der Waals surface area (Å²) in [6.45, 7) is 2.02. The molecular weight excluding hydrogens is 270 g/mol. The van der Waals surface area contributed by atoms with E-state index in [1.165, 1.54) is 5.56 Å². The second-order valence-electron chi connectivity index (χ2n) is 4.76. The van der Waals surface area contributed by atoms with Crippen LogP contribution < -0.4 is 5.73 Å². The average Bonchev–Trinajstić information content (AvgIpc) is 2.52. The van der Waals surface area contributed by atoms with E-state index in [0.29, 0.717) is 39.3 Å². The van der Waals surface area contributed by atoms with Gasteiger partial charge in [-0.25, -0.2) is 0 Å². The Morgan fingerprint density at radius 3 is 2.62 bits per heavy atom. The number of ether oxygens (including phenoxy) is 3. The Bertz CT molecular complexity index is 383. The second kappa shape index (κ2) is 11.3. The van der Waals surface area contributed by atoms with Crippen LogP contribution in [0.5, 0.6) is 0 Å². The van der Waals surface area contributed by atoms with Crippen molar-refractivity contribution >= 4 is 5.97 Å². The van der Waals surface area contributed by atoms with E-state index in [2.05, 4.69) is 0 Å². The topological polar surface area (TPSA) is 70.8 Å². The zero-order valence-electron chi connectivity index (χ0n) is 12.6. The van der Waals surface area contributed by atoms with Gasteiger partial charge >= 0.3 is 5.97 Å². The van der Waals surface area contributed by atoms with E-state index >= 15 is 0 Å². The third-order valence-electron chi connectivity index (χ3n) is 3.00. The standard InChI is InChI=1S/C16H25NO4/c1-19-12-13-20-10-5-11-21-16(18)15(17)9-8-14-6-3-2-4-7-14/h2-4,6-7,15H,5,8-13,17H2,1H3. The summed E-state index contributed by atoms with van der Waals surface area (Å²) in [6.07, 6.45) is 2.03. The van der Waals surface area contributed by atoms with Crippen molar-refractivity contribution in [1.82, 2.24) is 0 Å². The SMILES string of the molecule is COCCOCCCOC(=O)C(N)CCc1ccccc1. The van der Waals surface area contributed by atoms with Crippen molar-refractivity contribution in [3.05, 3.63) is 35.9 Å². The van der Waals surface area contributed by atoms with Gasteiger partial charge in [-0.3, -0.25) is 4.79 Å². The molecule has 1 rings (SSSR count). The number of benzene rings is 1. The van der Waals surface area contributed by atoms with E-state index in [-0.39, 0.29) is 5.97 Å². The number of hydrogen-bond donors (Lipinski definition) is 1. The second-order valence-corrected chi connectivity index (χ2v) is 4.76. The van der Waals surface area contributed by atoms with Crippen LogP contribution in [0.15, 0.2) is 30.3 Å². The summed E-state index contributed by atoms with van der Waals surface area (Å²) >= 11 is 0. The van der Waals surface area contributed by atoms with Gasteiger partial charge in [-0.2, -0.15) is 0 Å². The van der Waals surface area contributed by atoms with Gasteiger partial charge in [-0.05, 0) is 18.4 Å². The molecule has 118 valence electrons. The smallest absolute Gasteiger partial charge is 0.322 e. The van der Waals surface area contributed by atoms with Gasteiger partial charge in [-0.15, -0.1) is 0 Å². The minimum atomic E-state index is -0.570. The van der Waals surface area contributed by atoms with Crippen molar-refractivity contribution in [3.8, 4) is 0 Å². The molecule has 0 aliphatic heterocycles. The van der Waals surface area contributed by atoms with Crippen LogP contribution in [0.2, 0.25) is 0 Å². The van der Waals surface area contributed by atoms with Crippen molar-refractivity contribution in [2.45, 2.75) is 25.3 Å². The minimum absolute atomic E-state index is 0.338. The van der Waals surface area contributed by atoms with Crippen molar-refractivity contribution < 1.29 is 19.0 Å². The first kappa shape index (κ1) is 17.6. The van der Waals surface area contributed by atoms with E-state index in [1.54, 1.807) is 7.11 Å². The lowest BCUT2D eigenvalue weighted by Gasteiger charge is -2.11. The molecule has 1 aromatic carbocycles. The van der Waals surface area contributed by atoms with Gasteiger partial charge < -0.3 is 19.9 Å². The van der Waals surface area contributed by atoms with E-state index in [0.717, 1.165) is 6.42 Å². The molecule has 0 spiro atoms. The third kappa shape index (κ3) is 8.45. The number of aryl methyl sites for hydroxylation is 1. The molecular formula is C16H25NO4. The molecule has 1 unspecified atom stereocenters. The lowest BCUT2D eigenvalue weighted by molar-refractivity contribution is -0.145. The first-order valence-electron chi connectivity index (χ1n) is 7.27.